The monoisotopic (exact) mass is 568 g/mol. The van der Waals surface area contributed by atoms with Gasteiger partial charge in [0.05, 0.1) is 17.7 Å². The molecule has 1 amide bonds. The fourth-order valence-electron chi connectivity index (χ4n) is 8.17. The van der Waals surface area contributed by atoms with Crippen LogP contribution in [0.25, 0.3) is 10.4 Å². The van der Waals surface area contributed by atoms with E-state index >= 15 is 0 Å². The molecule has 0 aliphatic heterocycles. The molecule has 5 saturated carbocycles. The molecule has 216 valence electrons. The fraction of sp³-hybridized carbons (Fsp3) is 0.556. The van der Waals surface area contributed by atoms with Gasteiger partial charge in [-0.15, -0.1) is 0 Å². The summed E-state index contributed by atoms with van der Waals surface area (Å²) >= 11 is 1.61. The van der Waals surface area contributed by atoms with Crippen LogP contribution in [-0.2, 0) is 10.2 Å². The zero-order valence-electron chi connectivity index (χ0n) is 24.8. The van der Waals surface area contributed by atoms with E-state index in [0.717, 1.165) is 30.8 Å². The van der Waals surface area contributed by atoms with E-state index < -0.39 is 0 Å². The lowest BCUT2D eigenvalue weighted by atomic mass is 9.51. The number of aromatic nitrogens is 1. The van der Waals surface area contributed by atoms with Crippen LogP contribution in [0.2, 0.25) is 0 Å². The van der Waals surface area contributed by atoms with Crippen LogP contribution in [0, 0.1) is 18.3 Å². The van der Waals surface area contributed by atoms with Crippen molar-refractivity contribution < 1.29 is 9.53 Å². The van der Waals surface area contributed by atoms with E-state index in [2.05, 4.69) is 60.4 Å². The molecule has 2 aromatic carbocycles. The molecule has 41 heavy (non-hydrogen) atoms. The van der Waals surface area contributed by atoms with Gasteiger partial charge in [-0.25, -0.2) is 0 Å². The van der Waals surface area contributed by atoms with Crippen molar-refractivity contribution in [2.45, 2.75) is 102 Å². The second kappa shape index (κ2) is 10.9. The summed E-state index contributed by atoms with van der Waals surface area (Å²) in [5, 5.41) is 0. The number of rotatable bonds is 8. The molecule has 0 N–H and O–H groups in total. The molecule has 0 radical (unpaired) electrons. The van der Waals surface area contributed by atoms with Gasteiger partial charge in [0.2, 0.25) is 5.91 Å². The number of aryl methyl sites for hydroxylation is 1. The van der Waals surface area contributed by atoms with E-state index in [1.165, 1.54) is 97.9 Å². The van der Waals surface area contributed by atoms with Crippen molar-refractivity contribution in [3.8, 4) is 16.2 Å². The summed E-state index contributed by atoms with van der Waals surface area (Å²) in [7, 11) is 1.76. The third kappa shape index (κ3) is 5.24. The molecular weight excluding hydrogens is 524 g/mol. The molecule has 5 fully saturated rings. The summed E-state index contributed by atoms with van der Waals surface area (Å²) < 4.78 is 10.3. The van der Waals surface area contributed by atoms with Crippen LogP contribution in [0.5, 0.6) is 5.75 Å². The molecule has 1 heterocycles. The first kappa shape index (κ1) is 27.2. The predicted octanol–water partition coefficient (Wildman–Crippen LogP) is 9.21. The molecular formula is C36H44N2O2S. The largest absolute Gasteiger partial charge is 0.496 e. The van der Waals surface area contributed by atoms with Crippen molar-refractivity contribution >= 4 is 23.1 Å². The summed E-state index contributed by atoms with van der Waals surface area (Å²) in [6.07, 6.45) is 15.5. The van der Waals surface area contributed by atoms with Crippen LogP contribution in [0.1, 0.15) is 106 Å². The second-order valence-corrected chi connectivity index (χ2v) is 14.5. The molecule has 8 rings (SSSR count). The molecule has 0 atom stereocenters. The first-order valence-corrected chi connectivity index (χ1v) is 16.8. The Morgan fingerprint density at radius 2 is 1.71 bits per heavy atom. The highest BCUT2D eigenvalue weighted by Gasteiger charge is 2.50. The van der Waals surface area contributed by atoms with E-state index in [9.17, 15) is 4.79 Å². The zero-order chi connectivity index (χ0) is 28.0. The molecule has 2 bridgehead atoms. The van der Waals surface area contributed by atoms with Gasteiger partial charge in [-0.05, 0) is 134 Å². The number of carbonyl (C=O) groups excluding carboxylic acids is 1. The van der Waals surface area contributed by atoms with Gasteiger partial charge in [0.25, 0.3) is 0 Å². The average Bonchev–Trinajstić information content (AvgIpc) is 3.77. The lowest BCUT2D eigenvalue weighted by molar-refractivity contribution is -0.124. The number of carbonyl (C=O) groups is 1. The van der Waals surface area contributed by atoms with Crippen molar-refractivity contribution in [3.63, 3.8) is 0 Å². The maximum Gasteiger partial charge on any atom is 0.230 e. The van der Waals surface area contributed by atoms with Gasteiger partial charge in [-0.2, -0.15) is 4.37 Å². The first-order chi connectivity index (χ1) is 20.0. The molecule has 1 aromatic heterocycles. The number of nitrogens with zero attached hydrogens (tertiary/aromatic N) is 2. The van der Waals surface area contributed by atoms with Gasteiger partial charge in [-0.3, -0.25) is 4.79 Å². The zero-order valence-corrected chi connectivity index (χ0v) is 25.6. The molecule has 0 saturated heterocycles. The van der Waals surface area contributed by atoms with Gasteiger partial charge in [0.1, 0.15) is 5.75 Å². The Bertz CT molecular complexity index is 1390. The molecule has 0 spiro atoms. The Hall–Kier alpha value is -2.66. The fourth-order valence-corrected chi connectivity index (χ4v) is 8.98. The van der Waals surface area contributed by atoms with Gasteiger partial charge in [-0.1, -0.05) is 43.5 Å². The minimum Gasteiger partial charge on any atom is -0.496 e. The maximum atomic E-state index is 14.3. The van der Waals surface area contributed by atoms with Gasteiger partial charge < -0.3 is 9.64 Å². The van der Waals surface area contributed by atoms with Crippen molar-refractivity contribution in [1.82, 2.24) is 4.37 Å². The lowest BCUT2D eigenvalue weighted by Crippen LogP contribution is -2.51. The molecule has 5 heteroatoms. The van der Waals surface area contributed by atoms with Crippen LogP contribution >= 0.6 is 11.5 Å². The maximum absolute atomic E-state index is 14.3. The second-order valence-electron chi connectivity index (χ2n) is 13.7. The Morgan fingerprint density at radius 1 is 0.951 bits per heavy atom. The van der Waals surface area contributed by atoms with E-state index in [-0.39, 0.29) is 16.7 Å². The van der Waals surface area contributed by atoms with Crippen molar-refractivity contribution in [1.29, 1.82) is 0 Å². The summed E-state index contributed by atoms with van der Waals surface area (Å²) in [6.45, 7) is 3.02. The predicted molar refractivity (Wildman–Crippen MR) is 168 cm³/mol. The van der Waals surface area contributed by atoms with Crippen molar-refractivity contribution in [3.05, 3.63) is 65.4 Å². The Kier molecular flexibility index (Phi) is 7.21. The first-order valence-electron chi connectivity index (χ1n) is 16.0. The topological polar surface area (TPSA) is 42.4 Å². The molecule has 5 aliphatic rings. The van der Waals surface area contributed by atoms with Crippen LogP contribution in [-0.4, -0.2) is 23.9 Å². The lowest BCUT2D eigenvalue weighted by Gasteiger charge is -2.55. The summed E-state index contributed by atoms with van der Waals surface area (Å²) in [4.78, 5) is 17.7. The number of anilines is 1. The molecule has 4 nitrogen and oxygen atoms in total. The van der Waals surface area contributed by atoms with Crippen LogP contribution in [0.4, 0.5) is 5.69 Å². The number of amides is 1. The number of hydrogen-bond acceptors (Lipinski definition) is 4. The van der Waals surface area contributed by atoms with E-state index in [0.29, 0.717) is 11.8 Å². The van der Waals surface area contributed by atoms with E-state index in [4.69, 9.17) is 9.11 Å². The third-order valence-electron chi connectivity index (χ3n) is 11.1. The van der Waals surface area contributed by atoms with Crippen molar-refractivity contribution in [2.75, 3.05) is 18.6 Å². The quantitative estimate of drug-likeness (QED) is 0.272. The summed E-state index contributed by atoms with van der Waals surface area (Å²) in [5.41, 5.74) is 6.76. The number of ether oxygens (including phenoxy) is 1. The Labute approximate surface area is 249 Å². The number of hydrogen-bond donors (Lipinski definition) is 0. The number of benzene rings is 2. The highest BCUT2D eigenvalue weighted by Crippen LogP contribution is 2.58. The smallest absolute Gasteiger partial charge is 0.230 e. The standard InChI is InChI=1S/C36H44N2O2S/c1-25-21-29(13-14-32(25)40-2)36-18-15-35(16-19-36,17-20-36)24-38(34(39)27-7-4-3-5-8-27)30-10-6-9-28(22-30)33-23-31(37-41-33)26-11-12-26/h6,9-10,13-14,21-23,26-27H,3-5,7-8,11-12,15-20,24H2,1-2H3. The third-order valence-corrected chi connectivity index (χ3v) is 11.9. The molecule has 5 aliphatic carbocycles. The number of fused-ring (bicyclic) bond motifs is 3. The normalized spacial score (nSPS) is 26.2. The average molecular weight is 569 g/mol. The minimum absolute atomic E-state index is 0.169. The minimum atomic E-state index is 0.169. The van der Waals surface area contributed by atoms with Gasteiger partial charge in [0.15, 0.2) is 0 Å². The van der Waals surface area contributed by atoms with Crippen LogP contribution < -0.4 is 9.64 Å². The van der Waals surface area contributed by atoms with E-state index in [1.807, 2.05) is 0 Å². The van der Waals surface area contributed by atoms with E-state index in [1.54, 1.807) is 18.6 Å². The summed E-state index contributed by atoms with van der Waals surface area (Å²) in [5.74, 6) is 2.18. The Balaban J connectivity index is 1.15. The highest BCUT2D eigenvalue weighted by atomic mass is 32.1. The van der Waals surface area contributed by atoms with Gasteiger partial charge >= 0.3 is 0 Å². The molecule has 0 unspecified atom stereocenters. The van der Waals surface area contributed by atoms with Crippen LogP contribution in [0.15, 0.2) is 48.5 Å². The van der Waals surface area contributed by atoms with Gasteiger partial charge in [0, 0.05) is 24.1 Å². The number of methoxy groups -OCH3 is 1. The Morgan fingerprint density at radius 3 is 2.39 bits per heavy atom. The summed E-state index contributed by atoms with van der Waals surface area (Å²) in [6, 6.07) is 17.9. The van der Waals surface area contributed by atoms with Crippen LogP contribution in [0.3, 0.4) is 0 Å². The SMILES string of the molecule is COc1ccc(C23CCC(CN(C(=O)C4CCCCC4)c4cccc(-c5cc(C6CC6)ns5)c4)(CC2)CC3)cc1C. The molecule has 3 aromatic rings. The van der Waals surface area contributed by atoms with Crippen molar-refractivity contribution in [2.24, 2.45) is 11.3 Å². The highest BCUT2D eigenvalue weighted by molar-refractivity contribution is 7.09.